The number of carbonyl (C=O) groups excluding carboxylic acids is 1. The highest BCUT2D eigenvalue weighted by molar-refractivity contribution is 5.78. The molecule has 3 nitrogen and oxygen atoms in total. The third kappa shape index (κ3) is 3.75. The van der Waals surface area contributed by atoms with E-state index in [1.54, 1.807) is 12.4 Å². The molecule has 125 valence electrons. The summed E-state index contributed by atoms with van der Waals surface area (Å²) in [6, 6.07) is 12.5. The summed E-state index contributed by atoms with van der Waals surface area (Å²) in [5.74, 6) is -0.307. The lowest BCUT2D eigenvalue weighted by atomic mass is 9.86. The number of hydrogen-bond acceptors (Lipinski definition) is 2. The minimum Gasteiger partial charge on any atom is -0.341 e. The predicted molar refractivity (Wildman–Crippen MR) is 83.1 cm³/mol. The van der Waals surface area contributed by atoms with E-state index < -0.39 is 24.9 Å². The third-order valence-corrected chi connectivity index (χ3v) is 4.17. The smallest absolute Gasteiger partial charge is 0.341 e. The van der Waals surface area contributed by atoms with Crippen LogP contribution >= 0.6 is 0 Å². The maximum Gasteiger partial charge on any atom is 0.389 e. The van der Waals surface area contributed by atoms with Crippen LogP contribution < -0.4 is 0 Å². The van der Waals surface area contributed by atoms with Gasteiger partial charge in [0, 0.05) is 43.4 Å². The van der Waals surface area contributed by atoms with Gasteiger partial charge in [-0.05, 0) is 29.3 Å². The molecule has 0 aliphatic carbocycles. The largest absolute Gasteiger partial charge is 0.389 e. The highest BCUT2D eigenvalue weighted by atomic mass is 19.4. The average molecular weight is 333 g/mol. The van der Waals surface area contributed by atoms with Crippen LogP contribution in [0.3, 0.4) is 0 Å². The normalized spacial score (nSPS) is 15.2. The van der Waals surface area contributed by atoms with Crippen molar-refractivity contribution in [1.82, 2.24) is 9.88 Å². The van der Waals surface area contributed by atoms with Crippen molar-refractivity contribution in [3.8, 4) is 11.1 Å². The lowest BCUT2D eigenvalue weighted by Gasteiger charge is -2.40. The molecule has 1 fully saturated rings. The maximum absolute atomic E-state index is 12.2. The number of aromatic nitrogens is 1. The molecule has 1 aromatic heterocycles. The summed E-state index contributed by atoms with van der Waals surface area (Å²) in [4.78, 5) is 17.4. The Morgan fingerprint density at radius 2 is 2.12 bits per heavy atom. The van der Waals surface area contributed by atoms with E-state index in [9.17, 15) is 18.0 Å². The van der Waals surface area contributed by atoms with E-state index in [0.29, 0.717) is 13.1 Å². The van der Waals surface area contributed by atoms with Crippen LogP contribution in [0.5, 0.6) is 0 Å². The van der Waals surface area contributed by atoms with Crippen molar-refractivity contribution < 1.29 is 18.0 Å². The van der Waals surface area contributed by atoms with E-state index in [1.165, 1.54) is 4.90 Å². The van der Waals surface area contributed by atoms with Crippen LogP contribution in [-0.2, 0) is 4.79 Å². The van der Waals surface area contributed by atoms with Crippen molar-refractivity contribution in [3.63, 3.8) is 0 Å². The first-order valence-corrected chi connectivity index (χ1v) is 7.69. The fraction of sp³-hybridized carbons (Fsp3) is 0.333. The van der Waals surface area contributed by atoms with Gasteiger partial charge in [-0.2, -0.15) is 13.2 Å². The first kappa shape index (κ1) is 16.5. The number of hydrogen-bond donors (Lipinski definition) is 0. The molecule has 0 unspecified atom stereocenters. The van der Waals surface area contributed by atoms with Crippen molar-refractivity contribution in [2.75, 3.05) is 13.1 Å². The zero-order valence-electron chi connectivity index (χ0n) is 12.9. The maximum atomic E-state index is 12.2. The molecule has 0 N–H and O–H groups in total. The summed E-state index contributed by atoms with van der Waals surface area (Å²) in [6.45, 7) is 0.905. The molecular formula is C18H16F3N2O. The Kier molecular flexibility index (Phi) is 4.55. The van der Waals surface area contributed by atoms with Gasteiger partial charge in [-0.1, -0.05) is 18.2 Å². The Morgan fingerprint density at radius 3 is 2.79 bits per heavy atom. The fourth-order valence-corrected chi connectivity index (χ4v) is 2.86. The molecule has 0 bridgehead atoms. The van der Waals surface area contributed by atoms with Crippen molar-refractivity contribution >= 4 is 5.91 Å². The Morgan fingerprint density at radius 1 is 1.33 bits per heavy atom. The monoisotopic (exact) mass is 333 g/mol. The topological polar surface area (TPSA) is 33.2 Å². The Labute approximate surface area is 138 Å². The predicted octanol–water partition coefficient (Wildman–Crippen LogP) is 3.82. The molecule has 2 heterocycles. The van der Waals surface area contributed by atoms with Crippen LogP contribution in [0.25, 0.3) is 11.1 Å². The molecule has 3 rings (SSSR count). The van der Waals surface area contributed by atoms with E-state index >= 15 is 0 Å². The third-order valence-electron chi connectivity index (χ3n) is 4.17. The van der Waals surface area contributed by atoms with Gasteiger partial charge in [0.1, 0.15) is 0 Å². The number of carbonyl (C=O) groups is 1. The number of pyridine rings is 1. The second kappa shape index (κ2) is 6.63. The lowest BCUT2D eigenvalue weighted by Crippen LogP contribution is -2.48. The van der Waals surface area contributed by atoms with Crippen LogP contribution in [0.4, 0.5) is 13.2 Å². The molecule has 24 heavy (non-hydrogen) atoms. The van der Waals surface area contributed by atoms with E-state index in [4.69, 9.17) is 0 Å². The molecule has 2 aromatic rings. The molecule has 0 saturated carbocycles. The molecular weight excluding hydrogens is 317 g/mol. The van der Waals surface area contributed by atoms with Crippen LogP contribution in [0.15, 0.2) is 42.7 Å². The quantitative estimate of drug-likeness (QED) is 0.852. The fourth-order valence-electron chi connectivity index (χ4n) is 2.86. The second-order valence-electron chi connectivity index (χ2n) is 5.87. The van der Waals surface area contributed by atoms with Gasteiger partial charge < -0.3 is 4.90 Å². The minimum absolute atomic E-state index is 0.129. The molecule has 0 atom stereocenters. The van der Waals surface area contributed by atoms with Gasteiger partial charge in [0.2, 0.25) is 5.91 Å². The number of amides is 1. The van der Waals surface area contributed by atoms with Crippen LogP contribution in [0.2, 0.25) is 0 Å². The van der Waals surface area contributed by atoms with E-state index in [-0.39, 0.29) is 5.92 Å². The van der Waals surface area contributed by atoms with Gasteiger partial charge in [0.15, 0.2) is 0 Å². The summed E-state index contributed by atoms with van der Waals surface area (Å²) in [7, 11) is 0. The Bertz CT molecular complexity index is 710. The van der Waals surface area contributed by atoms with Crippen molar-refractivity contribution in [3.05, 3.63) is 54.4 Å². The van der Waals surface area contributed by atoms with Crippen molar-refractivity contribution in [2.45, 2.75) is 24.9 Å². The summed E-state index contributed by atoms with van der Waals surface area (Å²) >= 11 is 0. The van der Waals surface area contributed by atoms with Gasteiger partial charge >= 0.3 is 6.18 Å². The first-order chi connectivity index (χ1) is 11.4. The number of nitrogens with zero attached hydrogens (tertiary/aromatic N) is 2. The molecule has 1 aliphatic heterocycles. The minimum atomic E-state index is -4.29. The van der Waals surface area contributed by atoms with Gasteiger partial charge in [-0.3, -0.25) is 9.78 Å². The Balaban J connectivity index is 1.66. The molecule has 0 spiro atoms. The van der Waals surface area contributed by atoms with Crippen LogP contribution in [0, 0.1) is 6.07 Å². The molecule has 1 radical (unpaired) electrons. The van der Waals surface area contributed by atoms with E-state index in [0.717, 1.165) is 16.7 Å². The van der Waals surface area contributed by atoms with Gasteiger partial charge in [-0.15, -0.1) is 0 Å². The van der Waals surface area contributed by atoms with Crippen LogP contribution in [0.1, 0.15) is 24.3 Å². The number of alkyl halides is 3. The SMILES string of the molecule is O=C(CCC(F)(F)F)N1CC(c2cc[c]cc2-c2cccnc2)C1. The Hall–Kier alpha value is -2.37. The van der Waals surface area contributed by atoms with Gasteiger partial charge in [-0.25, -0.2) is 0 Å². The summed E-state index contributed by atoms with van der Waals surface area (Å²) < 4.78 is 36.6. The summed E-state index contributed by atoms with van der Waals surface area (Å²) in [5, 5.41) is 0. The average Bonchev–Trinajstić information content (AvgIpc) is 2.52. The molecule has 1 saturated heterocycles. The highest BCUT2D eigenvalue weighted by Gasteiger charge is 2.35. The lowest BCUT2D eigenvalue weighted by molar-refractivity contribution is -0.151. The molecule has 1 amide bonds. The first-order valence-electron chi connectivity index (χ1n) is 7.69. The van der Waals surface area contributed by atoms with Gasteiger partial charge in [0.05, 0.1) is 6.42 Å². The number of rotatable bonds is 4. The second-order valence-corrected chi connectivity index (χ2v) is 5.87. The molecule has 1 aliphatic rings. The van der Waals surface area contributed by atoms with Gasteiger partial charge in [0.25, 0.3) is 0 Å². The number of halogens is 3. The van der Waals surface area contributed by atoms with Crippen LogP contribution in [-0.4, -0.2) is 35.1 Å². The standard InChI is InChI=1S/C18H16F3N2O/c19-18(20,21)8-7-17(24)23-11-14(12-23)16-6-2-1-5-15(16)13-4-3-9-22-10-13/h2-6,9-10,14H,7-8,11-12H2. The molecule has 6 heteroatoms. The van der Waals surface area contributed by atoms with Crippen molar-refractivity contribution in [2.24, 2.45) is 0 Å². The highest BCUT2D eigenvalue weighted by Crippen LogP contribution is 2.35. The van der Waals surface area contributed by atoms with E-state index in [1.807, 2.05) is 30.3 Å². The molecule has 1 aromatic carbocycles. The summed E-state index contributed by atoms with van der Waals surface area (Å²) in [6.07, 6.45) is -2.37. The summed E-state index contributed by atoms with van der Waals surface area (Å²) in [5.41, 5.74) is 3.03. The van der Waals surface area contributed by atoms with E-state index in [2.05, 4.69) is 11.1 Å². The number of likely N-dealkylation sites (tertiary alicyclic amines) is 1. The zero-order valence-corrected chi connectivity index (χ0v) is 12.9. The number of benzene rings is 1. The zero-order chi connectivity index (χ0) is 17.2. The van der Waals surface area contributed by atoms with Crippen molar-refractivity contribution in [1.29, 1.82) is 0 Å².